The van der Waals surface area contributed by atoms with E-state index in [0.717, 1.165) is 12.1 Å². The number of hydrogen-bond donors (Lipinski definition) is 1. The average molecular weight is 310 g/mol. The summed E-state index contributed by atoms with van der Waals surface area (Å²) in [6.07, 6.45) is 0.558. The van der Waals surface area contributed by atoms with E-state index >= 15 is 0 Å². The SMILES string of the molecule is CC(C)C(CCCl)NC(=O)c1cc(F)c(Cl)cc1F. The van der Waals surface area contributed by atoms with Crippen molar-refractivity contribution < 1.29 is 13.6 Å². The Morgan fingerprint density at radius 1 is 1.32 bits per heavy atom. The number of rotatable bonds is 5. The van der Waals surface area contributed by atoms with Crippen molar-refractivity contribution in [3.8, 4) is 0 Å². The Kier molecular flexibility index (Phi) is 6.01. The van der Waals surface area contributed by atoms with Gasteiger partial charge in [-0.2, -0.15) is 0 Å². The molecule has 0 fully saturated rings. The summed E-state index contributed by atoms with van der Waals surface area (Å²) in [6.45, 7) is 3.83. The van der Waals surface area contributed by atoms with Gasteiger partial charge < -0.3 is 5.32 Å². The Balaban J connectivity index is 2.91. The first kappa shape index (κ1) is 16.2. The monoisotopic (exact) mass is 309 g/mol. The van der Waals surface area contributed by atoms with E-state index in [4.69, 9.17) is 23.2 Å². The van der Waals surface area contributed by atoms with Gasteiger partial charge in [0.05, 0.1) is 10.6 Å². The maximum atomic E-state index is 13.6. The molecule has 0 spiro atoms. The third kappa shape index (κ3) is 4.32. The first-order chi connectivity index (χ1) is 8.86. The summed E-state index contributed by atoms with van der Waals surface area (Å²) in [5.74, 6) is -1.83. The second-order valence-electron chi connectivity index (χ2n) is 4.55. The summed E-state index contributed by atoms with van der Waals surface area (Å²) in [6, 6.07) is 1.39. The van der Waals surface area contributed by atoms with Crippen molar-refractivity contribution in [2.75, 3.05) is 5.88 Å². The van der Waals surface area contributed by atoms with Crippen LogP contribution in [0.25, 0.3) is 0 Å². The predicted octanol–water partition coefficient (Wildman–Crippen LogP) is 4.00. The third-order valence-electron chi connectivity index (χ3n) is 2.80. The molecule has 1 amide bonds. The number of halogens is 4. The molecule has 0 radical (unpaired) electrons. The van der Waals surface area contributed by atoms with Crippen molar-refractivity contribution in [3.05, 3.63) is 34.4 Å². The fraction of sp³-hybridized carbons (Fsp3) is 0.462. The Hall–Kier alpha value is -0.870. The molecule has 1 aromatic carbocycles. The van der Waals surface area contributed by atoms with E-state index in [-0.39, 0.29) is 22.5 Å². The van der Waals surface area contributed by atoms with Crippen molar-refractivity contribution in [2.45, 2.75) is 26.3 Å². The quantitative estimate of drug-likeness (QED) is 0.646. The number of alkyl halides is 1. The fourth-order valence-corrected chi connectivity index (χ4v) is 2.02. The van der Waals surface area contributed by atoms with Crippen LogP contribution < -0.4 is 5.32 Å². The number of amides is 1. The normalized spacial score (nSPS) is 12.6. The number of hydrogen-bond acceptors (Lipinski definition) is 1. The van der Waals surface area contributed by atoms with E-state index in [1.165, 1.54) is 0 Å². The van der Waals surface area contributed by atoms with Gasteiger partial charge in [0.1, 0.15) is 11.6 Å². The minimum atomic E-state index is -0.850. The average Bonchev–Trinajstić information content (AvgIpc) is 2.32. The van der Waals surface area contributed by atoms with Crippen LogP contribution in [0, 0.1) is 17.6 Å². The molecule has 106 valence electrons. The highest BCUT2D eigenvalue weighted by Gasteiger charge is 2.20. The van der Waals surface area contributed by atoms with Crippen molar-refractivity contribution >= 4 is 29.1 Å². The molecule has 0 aliphatic heterocycles. The number of benzene rings is 1. The van der Waals surface area contributed by atoms with E-state index in [9.17, 15) is 13.6 Å². The van der Waals surface area contributed by atoms with Gasteiger partial charge in [-0.05, 0) is 24.5 Å². The van der Waals surface area contributed by atoms with Crippen molar-refractivity contribution in [1.29, 1.82) is 0 Å². The molecular weight excluding hydrogens is 295 g/mol. The maximum Gasteiger partial charge on any atom is 0.254 e. The van der Waals surface area contributed by atoms with E-state index < -0.39 is 17.5 Å². The number of carbonyl (C=O) groups is 1. The van der Waals surface area contributed by atoms with Gasteiger partial charge in [0.2, 0.25) is 0 Å². The summed E-state index contributed by atoms with van der Waals surface area (Å²) in [4.78, 5) is 11.9. The van der Waals surface area contributed by atoms with Crippen LogP contribution in [0.3, 0.4) is 0 Å². The lowest BCUT2D eigenvalue weighted by molar-refractivity contribution is 0.0920. The molecule has 0 bridgehead atoms. The highest BCUT2D eigenvalue weighted by Crippen LogP contribution is 2.20. The molecular formula is C13H15Cl2F2NO. The number of nitrogens with one attached hydrogen (secondary N) is 1. The third-order valence-corrected chi connectivity index (χ3v) is 3.30. The molecule has 0 aliphatic carbocycles. The van der Waals surface area contributed by atoms with Crippen LogP contribution in [-0.2, 0) is 0 Å². The van der Waals surface area contributed by atoms with Crippen LogP contribution in [0.1, 0.15) is 30.6 Å². The van der Waals surface area contributed by atoms with Crippen LogP contribution in [0.5, 0.6) is 0 Å². The van der Waals surface area contributed by atoms with Gasteiger partial charge in [-0.15, -0.1) is 11.6 Å². The Morgan fingerprint density at radius 2 is 1.95 bits per heavy atom. The maximum absolute atomic E-state index is 13.6. The van der Waals surface area contributed by atoms with Crippen LogP contribution >= 0.6 is 23.2 Å². The van der Waals surface area contributed by atoms with E-state index in [1.54, 1.807) is 0 Å². The Bertz CT molecular complexity index is 466. The molecule has 1 aromatic rings. The standard InChI is InChI=1S/C13H15Cl2F2NO/c1-7(2)12(3-4-14)18-13(19)8-5-11(17)9(15)6-10(8)16/h5-7,12H,3-4H2,1-2H3,(H,18,19). The highest BCUT2D eigenvalue weighted by atomic mass is 35.5. The summed E-state index contributed by atoms with van der Waals surface area (Å²) < 4.78 is 26.8. The first-order valence-electron chi connectivity index (χ1n) is 5.88. The minimum absolute atomic E-state index is 0.142. The second-order valence-corrected chi connectivity index (χ2v) is 5.33. The van der Waals surface area contributed by atoms with Crippen LogP contribution in [-0.4, -0.2) is 17.8 Å². The van der Waals surface area contributed by atoms with Gasteiger partial charge in [0.15, 0.2) is 0 Å². The molecule has 0 aromatic heterocycles. The zero-order chi connectivity index (χ0) is 14.6. The van der Waals surface area contributed by atoms with E-state index in [0.29, 0.717) is 12.3 Å². The Morgan fingerprint density at radius 3 is 2.47 bits per heavy atom. The second kappa shape index (κ2) is 7.06. The van der Waals surface area contributed by atoms with Crippen LogP contribution in [0.4, 0.5) is 8.78 Å². The minimum Gasteiger partial charge on any atom is -0.349 e. The highest BCUT2D eigenvalue weighted by molar-refractivity contribution is 6.30. The van der Waals surface area contributed by atoms with Crippen LogP contribution in [0.15, 0.2) is 12.1 Å². The van der Waals surface area contributed by atoms with Crippen LogP contribution in [0.2, 0.25) is 5.02 Å². The molecule has 2 nitrogen and oxygen atoms in total. The molecule has 0 heterocycles. The molecule has 1 N–H and O–H groups in total. The molecule has 0 saturated carbocycles. The van der Waals surface area contributed by atoms with Gasteiger partial charge in [0.25, 0.3) is 5.91 Å². The van der Waals surface area contributed by atoms with Gasteiger partial charge in [-0.25, -0.2) is 8.78 Å². The molecule has 6 heteroatoms. The Labute approximate surface area is 121 Å². The summed E-state index contributed by atoms with van der Waals surface area (Å²) in [5.41, 5.74) is -0.359. The van der Waals surface area contributed by atoms with Gasteiger partial charge in [0, 0.05) is 11.9 Å². The van der Waals surface area contributed by atoms with E-state index in [1.807, 2.05) is 13.8 Å². The lowest BCUT2D eigenvalue weighted by Gasteiger charge is -2.21. The lowest BCUT2D eigenvalue weighted by atomic mass is 10.0. The largest absolute Gasteiger partial charge is 0.349 e. The molecule has 0 saturated heterocycles. The summed E-state index contributed by atoms with van der Waals surface area (Å²) in [5, 5.41) is 2.30. The zero-order valence-electron chi connectivity index (χ0n) is 10.6. The summed E-state index contributed by atoms with van der Waals surface area (Å²) in [7, 11) is 0. The molecule has 1 atom stereocenters. The topological polar surface area (TPSA) is 29.1 Å². The van der Waals surface area contributed by atoms with Gasteiger partial charge >= 0.3 is 0 Å². The number of carbonyl (C=O) groups excluding carboxylic acids is 1. The lowest BCUT2D eigenvalue weighted by Crippen LogP contribution is -2.39. The van der Waals surface area contributed by atoms with Crippen molar-refractivity contribution in [2.24, 2.45) is 5.92 Å². The molecule has 0 aliphatic rings. The molecule has 19 heavy (non-hydrogen) atoms. The molecule has 1 rings (SSSR count). The van der Waals surface area contributed by atoms with Crippen molar-refractivity contribution in [3.63, 3.8) is 0 Å². The van der Waals surface area contributed by atoms with Crippen molar-refractivity contribution in [1.82, 2.24) is 5.32 Å². The fourth-order valence-electron chi connectivity index (χ4n) is 1.63. The zero-order valence-corrected chi connectivity index (χ0v) is 12.2. The van der Waals surface area contributed by atoms with Gasteiger partial charge in [-0.1, -0.05) is 25.4 Å². The van der Waals surface area contributed by atoms with E-state index in [2.05, 4.69) is 5.32 Å². The van der Waals surface area contributed by atoms with Gasteiger partial charge in [-0.3, -0.25) is 4.79 Å². The smallest absolute Gasteiger partial charge is 0.254 e. The predicted molar refractivity (Wildman–Crippen MR) is 72.8 cm³/mol. The first-order valence-corrected chi connectivity index (χ1v) is 6.79. The molecule has 1 unspecified atom stereocenters. The summed E-state index contributed by atoms with van der Waals surface area (Å²) >= 11 is 11.1.